The molecule has 0 aliphatic rings. The molecule has 0 radical (unpaired) electrons. The highest BCUT2D eigenvalue weighted by Gasteiger charge is 2.27. The third-order valence-corrected chi connectivity index (χ3v) is 25.1. The van der Waals surface area contributed by atoms with E-state index in [2.05, 4.69) is 173 Å². The molecule has 26 rings (SSSR count). The van der Waals surface area contributed by atoms with Crippen LogP contribution in [0.4, 0.5) is 0 Å². The zero-order chi connectivity index (χ0) is 91.6. The van der Waals surface area contributed by atoms with Crippen LogP contribution in [0.1, 0.15) is 13.7 Å². The van der Waals surface area contributed by atoms with Crippen LogP contribution in [-0.4, -0.2) is 39.0 Å². The summed E-state index contributed by atoms with van der Waals surface area (Å²) in [5.74, 6) is 1.74. The van der Waals surface area contributed by atoms with Crippen LogP contribution in [-0.2, 0) is 0 Å². The standard InChI is InChI=1S/C57H34N4O2.C57H34N4OS/c1-3-15-35(16-4-1)37-29-30-45-47-33-40(61-49-26-10-7-21-42(49)43-22-8-11-27-50(43)61)34-48(54(47)63-52(45)32-37)57-59-55(36-17-5-2-6-18-36)58-56(60-57)39-20-13-19-38(31-39)41-24-14-25-46-44-23-9-12-28-51(44)62-53(41)46;1-3-15-35(16-4-1)37-29-30-44-47-33-40(61-49-26-10-7-21-42(49)43-22-8-11-27-50(43)61)34-48(53(47)62-51(44)32-37)57-59-55(36-17-5-2-6-18-36)58-56(60-57)39-20-13-19-38(31-39)41-24-14-25-46-45-23-9-12-28-52(45)63-54(41)46/h2*1-34H/i2D,5D,6D,17D,18D;1D,3D,4D,15D,16D. The van der Waals surface area contributed by atoms with E-state index in [0.29, 0.717) is 62.1 Å². The summed E-state index contributed by atoms with van der Waals surface area (Å²) >= 11 is 1.79. The molecular weight excluding hydrogens is 1560 g/mol. The molecule has 0 atom stereocenters. The normalized spacial score (nSPS) is 12.9. The summed E-state index contributed by atoms with van der Waals surface area (Å²) in [5.41, 5.74) is 19.2. The maximum atomic E-state index is 9.06. The number of furan rings is 3. The zero-order valence-corrected chi connectivity index (χ0v) is 67.5. The second-order valence-electron chi connectivity index (χ2n) is 31.2. The molecule has 0 N–H and O–H groups in total. The lowest BCUT2D eigenvalue weighted by atomic mass is 10.00. The number of hydrogen-bond acceptors (Lipinski definition) is 10. The van der Waals surface area contributed by atoms with E-state index in [9.17, 15) is 0 Å². The zero-order valence-electron chi connectivity index (χ0n) is 76.7. The van der Waals surface area contributed by atoms with Crippen molar-refractivity contribution in [3.05, 3.63) is 412 Å². The van der Waals surface area contributed by atoms with Crippen molar-refractivity contribution in [2.24, 2.45) is 0 Å². The molecule has 0 spiro atoms. The van der Waals surface area contributed by atoms with E-state index in [1.54, 1.807) is 23.5 Å². The Labute approximate surface area is 739 Å². The summed E-state index contributed by atoms with van der Waals surface area (Å²) in [5, 5.41) is 12.2. The number of aromatic nitrogens is 8. The van der Waals surface area contributed by atoms with Crippen molar-refractivity contribution >= 4 is 141 Å². The first kappa shape index (κ1) is 62.3. The highest BCUT2D eigenvalue weighted by Crippen LogP contribution is 2.47. The van der Waals surface area contributed by atoms with Gasteiger partial charge in [0.05, 0.1) is 46.9 Å². The van der Waals surface area contributed by atoms with E-state index in [-0.39, 0.29) is 40.7 Å². The van der Waals surface area contributed by atoms with Gasteiger partial charge in [-0.25, -0.2) is 29.9 Å². The molecule has 8 aromatic heterocycles. The van der Waals surface area contributed by atoms with Crippen LogP contribution < -0.4 is 0 Å². The van der Waals surface area contributed by atoms with Crippen molar-refractivity contribution in [2.75, 3.05) is 0 Å². The SMILES string of the molecule is [2H]c1c([2H])c([2H])c(-c2ccc3c(c2)oc2c(-c4nc(-c5ccccc5)nc(-c5cccc(-c6cccc7c6sc6ccccc67)c5)n4)cc(-n4c5ccccc5c5ccccc54)cc23)c([2H])c1[2H].[2H]c1c([2H])c([2H])c(-c2nc(-c3cccc(-c4cccc5c4oc4ccccc45)c3)nc(-c3cc(-n4c5ccccc5c5ccccc54)cc4c3oc3cc(-c5ccccc5)ccc34)n2)c([2H])c1[2H]. The van der Waals surface area contributed by atoms with Crippen molar-refractivity contribution in [3.8, 4) is 124 Å². The summed E-state index contributed by atoms with van der Waals surface area (Å²) < 4.78 is 113. The van der Waals surface area contributed by atoms with Gasteiger partial charge in [0, 0.05) is 113 Å². The van der Waals surface area contributed by atoms with Gasteiger partial charge in [-0.05, 0) is 136 Å². The van der Waals surface area contributed by atoms with E-state index in [1.807, 2.05) is 176 Å². The number of rotatable bonds is 12. The first-order valence-corrected chi connectivity index (χ1v) is 42.2. The first-order valence-electron chi connectivity index (χ1n) is 46.4. The fourth-order valence-electron chi connectivity index (χ4n) is 18.1. The minimum Gasteiger partial charge on any atom is -0.455 e. The highest BCUT2D eigenvalue weighted by molar-refractivity contribution is 7.26. The smallest absolute Gasteiger partial charge is 0.167 e. The van der Waals surface area contributed by atoms with Gasteiger partial charge in [-0.1, -0.05) is 315 Å². The average molecular weight is 1640 g/mol. The fourth-order valence-corrected chi connectivity index (χ4v) is 19.4. The molecule has 11 nitrogen and oxygen atoms in total. The Bertz CT molecular complexity index is 9400. The van der Waals surface area contributed by atoms with E-state index in [4.69, 9.17) is 56.9 Å². The summed E-state index contributed by atoms with van der Waals surface area (Å²) in [6.07, 6.45) is 0. The summed E-state index contributed by atoms with van der Waals surface area (Å²) in [6.45, 7) is 0. The second-order valence-corrected chi connectivity index (χ2v) is 32.2. The van der Waals surface area contributed by atoms with Gasteiger partial charge in [-0.3, -0.25) is 0 Å². The number of benzene rings is 18. The Morgan fingerprint density at radius 1 is 0.214 bits per heavy atom. The van der Waals surface area contributed by atoms with Gasteiger partial charge in [-0.15, -0.1) is 11.3 Å². The molecule has 0 unspecified atom stereocenters. The molecule has 0 saturated heterocycles. The quantitative estimate of drug-likeness (QED) is 0.117. The molecule has 0 aliphatic carbocycles. The molecule has 0 bridgehead atoms. The third-order valence-electron chi connectivity index (χ3n) is 23.9. The predicted molar refractivity (Wildman–Crippen MR) is 517 cm³/mol. The second kappa shape index (κ2) is 29.5. The molecule has 18 aromatic carbocycles. The average Bonchev–Trinajstić information content (AvgIpc) is 1.55. The van der Waals surface area contributed by atoms with E-state index >= 15 is 0 Å². The van der Waals surface area contributed by atoms with Gasteiger partial charge < -0.3 is 22.4 Å². The molecule has 0 saturated carbocycles. The van der Waals surface area contributed by atoms with Crippen molar-refractivity contribution in [3.63, 3.8) is 0 Å². The first-order chi connectivity index (χ1) is 66.6. The van der Waals surface area contributed by atoms with Gasteiger partial charge in [0.2, 0.25) is 0 Å². The maximum absolute atomic E-state index is 9.06. The molecule has 8 heterocycles. The summed E-state index contributed by atoms with van der Waals surface area (Å²) in [7, 11) is 0. The number of nitrogens with zero attached hydrogens (tertiary/aromatic N) is 8. The van der Waals surface area contributed by atoms with Crippen LogP contribution in [0.2, 0.25) is 0 Å². The fraction of sp³-hybridized carbons (Fsp3) is 0. The van der Waals surface area contributed by atoms with Gasteiger partial charge in [0.1, 0.15) is 33.5 Å². The highest BCUT2D eigenvalue weighted by atomic mass is 32.1. The van der Waals surface area contributed by atoms with E-state index in [1.165, 1.54) is 20.2 Å². The van der Waals surface area contributed by atoms with Crippen LogP contribution in [0, 0.1) is 0 Å². The lowest BCUT2D eigenvalue weighted by Crippen LogP contribution is -2.01. The molecule has 126 heavy (non-hydrogen) atoms. The lowest BCUT2D eigenvalue weighted by Gasteiger charge is -2.13. The Hall–Kier alpha value is -16.8. The van der Waals surface area contributed by atoms with Crippen molar-refractivity contribution < 1.29 is 27.0 Å². The van der Waals surface area contributed by atoms with Gasteiger partial charge in [0.25, 0.3) is 0 Å². The minimum absolute atomic E-state index is 0.0790. The number of thiophene rings is 1. The largest absolute Gasteiger partial charge is 0.455 e. The van der Waals surface area contributed by atoms with Crippen molar-refractivity contribution in [2.45, 2.75) is 0 Å². The Morgan fingerprint density at radius 2 is 0.587 bits per heavy atom. The number of fused-ring (bicyclic) bond motifs is 18. The minimum atomic E-state index is -0.511. The van der Waals surface area contributed by atoms with Gasteiger partial charge in [-0.2, -0.15) is 0 Å². The summed E-state index contributed by atoms with van der Waals surface area (Å²) in [4.78, 5) is 30.9. The van der Waals surface area contributed by atoms with E-state index < -0.39 is 48.3 Å². The molecule has 12 heteroatoms. The Kier molecular flexibility index (Phi) is 14.6. The van der Waals surface area contributed by atoms with E-state index in [0.717, 1.165) is 143 Å². The van der Waals surface area contributed by atoms with Crippen LogP contribution in [0.25, 0.3) is 254 Å². The van der Waals surface area contributed by atoms with Crippen molar-refractivity contribution in [1.29, 1.82) is 0 Å². The van der Waals surface area contributed by atoms with Crippen LogP contribution >= 0.6 is 11.3 Å². The number of hydrogen-bond donors (Lipinski definition) is 0. The monoisotopic (exact) mass is 1640 g/mol. The molecular formula is C114H68N8O3S. The number of para-hydroxylation sites is 6. The van der Waals surface area contributed by atoms with Crippen LogP contribution in [0.15, 0.2) is 426 Å². The molecule has 26 aromatic rings. The van der Waals surface area contributed by atoms with Crippen LogP contribution in [0.5, 0.6) is 0 Å². The Balaban J connectivity index is 0.000000145. The molecule has 0 amide bonds. The lowest BCUT2D eigenvalue weighted by molar-refractivity contribution is 0.669. The Morgan fingerprint density at radius 3 is 1.13 bits per heavy atom. The molecule has 0 fully saturated rings. The molecule has 0 aliphatic heterocycles. The third kappa shape index (κ3) is 12.2. The van der Waals surface area contributed by atoms with Crippen LogP contribution in [0.3, 0.4) is 0 Å². The van der Waals surface area contributed by atoms with Gasteiger partial charge in [0.15, 0.2) is 34.9 Å². The van der Waals surface area contributed by atoms with Gasteiger partial charge >= 0.3 is 0 Å². The predicted octanol–water partition coefficient (Wildman–Crippen LogP) is 30.7. The summed E-state index contributed by atoms with van der Waals surface area (Å²) in [6, 6.07) is 114. The maximum Gasteiger partial charge on any atom is 0.167 e. The molecule has 588 valence electrons. The topological polar surface area (TPSA) is 127 Å². The van der Waals surface area contributed by atoms with Crippen molar-refractivity contribution in [1.82, 2.24) is 39.0 Å².